The van der Waals surface area contributed by atoms with Gasteiger partial charge >= 0.3 is 0 Å². The van der Waals surface area contributed by atoms with Crippen molar-refractivity contribution in [3.8, 4) is 0 Å². The monoisotopic (exact) mass is 288 g/mol. The Morgan fingerprint density at radius 2 is 2.10 bits per heavy atom. The fraction of sp³-hybridized carbons (Fsp3) is 0.611. The lowest BCUT2D eigenvalue weighted by molar-refractivity contribution is -0.137. The first-order valence-corrected chi connectivity index (χ1v) is 8.20. The van der Waals surface area contributed by atoms with Gasteiger partial charge in [0.15, 0.2) is 0 Å². The number of likely N-dealkylation sites (tertiary alicyclic amines) is 1. The lowest BCUT2D eigenvalue weighted by Crippen LogP contribution is -2.44. The minimum atomic E-state index is 0.184. The van der Waals surface area contributed by atoms with Gasteiger partial charge in [-0.1, -0.05) is 29.8 Å². The molecule has 2 rings (SSSR count). The third-order valence-electron chi connectivity index (χ3n) is 4.42. The zero-order valence-electron chi connectivity index (χ0n) is 13.6. The van der Waals surface area contributed by atoms with Crippen LogP contribution >= 0.6 is 0 Å². The molecule has 1 aromatic rings. The molecule has 0 aromatic heterocycles. The molecule has 1 heterocycles. The van der Waals surface area contributed by atoms with Crippen LogP contribution in [0.3, 0.4) is 0 Å². The number of hydrogen-bond acceptors (Lipinski definition) is 2. The number of piperidine rings is 1. The minimum Gasteiger partial charge on any atom is -0.343 e. The molecule has 0 N–H and O–H groups in total. The zero-order chi connectivity index (χ0) is 15.2. The van der Waals surface area contributed by atoms with Crippen LogP contribution < -0.4 is 0 Å². The quantitative estimate of drug-likeness (QED) is 0.831. The van der Waals surface area contributed by atoms with Crippen molar-refractivity contribution >= 4 is 5.91 Å². The van der Waals surface area contributed by atoms with E-state index in [1.54, 1.807) is 0 Å². The van der Waals surface area contributed by atoms with Crippen molar-refractivity contribution < 1.29 is 4.79 Å². The van der Waals surface area contributed by atoms with Crippen LogP contribution in [0.5, 0.6) is 0 Å². The SMILES string of the molecule is CCN(CC)C(=O)[C@@H]1CCCN(Cc2cccc(C)c2)C1. The van der Waals surface area contributed by atoms with Gasteiger partial charge in [-0.05, 0) is 45.7 Å². The summed E-state index contributed by atoms with van der Waals surface area (Å²) >= 11 is 0. The van der Waals surface area contributed by atoms with E-state index in [-0.39, 0.29) is 5.92 Å². The van der Waals surface area contributed by atoms with Gasteiger partial charge in [0.25, 0.3) is 0 Å². The first kappa shape index (κ1) is 16.0. The molecule has 0 aliphatic carbocycles. The van der Waals surface area contributed by atoms with Crippen LogP contribution in [0.4, 0.5) is 0 Å². The first-order valence-electron chi connectivity index (χ1n) is 8.20. The zero-order valence-corrected chi connectivity index (χ0v) is 13.6. The molecule has 3 nitrogen and oxygen atoms in total. The summed E-state index contributed by atoms with van der Waals surface area (Å²) in [6, 6.07) is 8.68. The number of carbonyl (C=O) groups excluding carboxylic acids is 1. The summed E-state index contributed by atoms with van der Waals surface area (Å²) < 4.78 is 0. The molecule has 0 spiro atoms. The average Bonchev–Trinajstić information content (AvgIpc) is 2.48. The number of rotatable bonds is 5. The highest BCUT2D eigenvalue weighted by Crippen LogP contribution is 2.21. The van der Waals surface area contributed by atoms with Crippen molar-refractivity contribution in [3.05, 3.63) is 35.4 Å². The molecule has 0 saturated carbocycles. The molecular formula is C18H28N2O. The lowest BCUT2D eigenvalue weighted by Gasteiger charge is -2.34. The Labute approximate surface area is 128 Å². The maximum atomic E-state index is 12.5. The Kier molecular flexibility index (Phi) is 5.80. The standard InChI is InChI=1S/C18H28N2O/c1-4-20(5-2)18(21)17-10-7-11-19(14-17)13-16-9-6-8-15(3)12-16/h6,8-9,12,17H,4-5,7,10-11,13-14H2,1-3H3/t17-/m1/s1. The molecule has 116 valence electrons. The van der Waals surface area contributed by atoms with Crippen LogP contribution in [-0.4, -0.2) is 41.9 Å². The molecule has 1 atom stereocenters. The van der Waals surface area contributed by atoms with Crippen LogP contribution in [0.2, 0.25) is 0 Å². The van der Waals surface area contributed by atoms with Gasteiger partial charge in [-0.25, -0.2) is 0 Å². The second kappa shape index (κ2) is 7.60. The molecule has 21 heavy (non-hydrogen) atoms. The molecule has 0 radical (unpaired) electrons. The minimum absolute atomic E-state index is 0.184. The molecule has 0 unspecified atom stereocenters. The van der Waals surface area contributed by atoms with Crippen LogP contribution in [0, 0.1) is 12.8 Å². The number of nitrogens with zero attached hydrogens (tertiary/aromatic N) is 2. The van der Waals surface area contributed by atoms with Crippen LogP contribution in [0.25, 0.3) is 0 Å². The average molecular weight is 288 g/mol. The van der Waals surface area contributed by atoms with E-state index in [0.29, 0.717) is 5.91 Å². The van der Waals surface area contributed by atoms with E-state index >= 15 is 0 Å². The Balaban J connectivity index is 1.96. The third kappa shape index (κ3) is 4.31. The van der Waals surface area contributed by atoms with E-state index in [4.69, 9.17) is 0 Å². The van der Waals surface area contributed by atoms with Crippen molar-refractivity contribution in [2.75, 3.05) is 26.2 Å². The molecule has 1 aliphatic rings. The number of aryl methyl sites for hydroxylation is 1. The van der Waals surface area contributed by atoms with E-state index < -0.39 is 0 Å². The van der Waals surface area contributed by atoms with Crippen molar-refractivity contribution in [2.24, 2.45) is 5.92 Å². The van der Waals surface area contributed by atoms with E-state index in [1.807, 2.05) is 4.90 Å². The third-order valence-corrected chi connectivity index (χ3v) is 4.42. The summed E-state index contributed by atoms with van der Waals surface area (Å²) in [7, 11) is 0. The highest BCUT2D eigenvalue weighted by molar-refractivity contribution is 5.79. The predicted molar refractivity (Wildman–Crippen MR) is 87.1 cm³/mol. The smallest absolute Gasteiger partial charge is 0.226 e. The topological polar surface area (TPSA) is 23.6 Å². The number of amides is 1. The molecule has 1 aromatic carbocycles. The van der Waals surface area contributed by atoms with Crippen LogP contribution in [0.15, 0.2) is 24.3 Å². The van der Waals surface area contributed by atoms with E-state index in [1.165, 1.54) is 11.1 Å². The molecular weight excluding hydrogens is 260 g/mol. The Hall–Kier alpha value is -1.35. The van der Waals surface area contributed by atoms with Crippen molar-refractivity contribution in [3.63, 3.8) is 0 Å². The van der Waals surface area contributed by atoms with Gasteiger partial charge in [0.1, 0.15) is 0 Å². The van der Waals surface area contributed by atoms with Gasteiger partial charge < -0.3 is 4.90 Å². The molecule has 1 aliphatic heterocycles. The summed E-state index contributed by atoms with van der Waals surface area (Å²) in [4.78, 5) is 16.9. The fourth-order valence-corrected chi connectivity index (χ4v) is 3.26. The van der Waals surface area contributed by atoms with Crippen molar-refractivity contribution in [1.82, 2.24) is 9.80 Å². The first-order chi connectivity index (χ1) is 10.1. The Morgan fingerprint density at radius 3 is 2.76 bits per heavy atom. The highest BCUT2D eigenvalue weighted by Gasteiger charge is 2.28. The molecule has 0 bridgehead atoms. The molecule has 1 fully saturated rings. The molecule has 1 amide bonds. The van der Waals surface area contributed by atoms with Crippen molar-refractivity contribution in [1.29, 1.82) is 0 Å². The largest absolute Gasteiger partial charge is 0.343 e. The van der Waals surface area contributed by atoms with Crippen molar-refractivity contribution in [2.45, 2.75) is 40.2 Å². The summed E-state index contributed by atoms with van der Waals surface area (Å²) in [6.45, 7) is 10.9. The predicted octanol–water partition coefficient (Wildman–Crippen LogP) is 3.08. The second-order valence-corrected chi connectivity index (χ2v) is 6.07. The lowest BCUT2D eigenvalue weighted by atomic mass is 9.96. The Bertz CT molecular complexity index is 468. The molecule has 1 saturated heterocycles. The van der Waals surface area contributed by atoms with Gasteiger partial charge in [0.05, 0.1) is 5.92 Å². The summed E-state index contributed by atoms with van der Waals surface area (Å²) in [5.41, 5.74) is 2.66. The van der Waals surface area contributed by atoms with E-state index in [9.17, 15) is 4.79 Å². The summed E-state index contributed by atoms with van der Waals surface area (Å²) in [5.74, 6) is 0.525. The summed E-state index contributed by atoms with van der Waals surface area (Å²) in [5, 5.41) is 0. The Morgan fingerprint density at radius 1 is 1.33 bits per heavy atom. The van der Waals surface area contributed by atoms with E-state index in [2.05, 4.69) is 49.9 Å². The maximum Gasteiger partial charge on any atom is 0.226 e. The number of benzene rings is 1. The summed E-state index contributed by atoms with van der Waals surface area (Å²) in [6.07, 6.45) is 2.17. The van der Waals surface area contributed by atoms with E-state index in [0.717, 1.165) is 45.6 Å². The molecule has 3 heteroatoms. The normalized spacial score (nSPS) is 19.5. The van der Waals surface area contributed by atoms with Gasteiger partial charge in [-0.2, -0.15) is 0 Å². The number of hydrogen-bond donors (Lipinski definition) is 0. The fourth-order valence-electron chi connectivity index (χ4n) is 3.26. The van der Waals surface area contributed by atoms with Crippen LogP contribution in [0.1, 0.15) is 37.8 Å². The van der Waals surface area contributed by atoms with Crippen LogP contribution in [-0.2, 0) is 11.3 Å². The second-order valence-electron chi connectivity index (χ2n) is 6.07. The van der Waals surface area contributed by atoms with Gasteiger partial charge in [-0.3, -0.25) is 9.69 Å². The van der Waals surface area contributed by atoms with Gasteiger partial charge in [-0.15, -0.1) is 0 Å². The highest BCUT2D eigenvalue weighted by atomic mass is 16.2. The number of carbonyl (C=O) groups is 1. The van der Waals surface area contributed by atoms with Gasteiger partial charge in [0.2, 0.25) is 5.91 Å². The van der Waals surface area contributed by atoms with Gasteiger partial charge in [0, 0.05) is 26.2 Å². The maximum absolute atomic E-state index is 12.5.